The van der Waals surface area contributed by atoms with Gasteiger partial charge in [0.15, 0.2) is 12.7 Å². The molecule has 0 fully saturated rings. The Morgan fingerprint density at radius 2 is 0.641 bits per heavy atom. The van der Waals surface area contributed by atoms with Gasteiger partial charge in [-0.15, -0.1) is 0 Å². The minimum absolute atomic E-state index is 0.261. The Labute approximate surface area is 421 Å². The molecule has 28 heteroatoms. The van der Waals surface area contributed by atoms with Crippen molar-refractivity contribution in [1.29, 1.82) is 0 Å². The van der Waals surface area contributed by atoms with Crippen LogP contribution in [0.15, 0.2) is 140 Å². The zero-order valence-electron chi connectivity index (χ0n) is 38.1. The number of carbonyl (C=O) groups is 1. The lowest BCUT2D eigenvalue weighted by Crippen LogP contribution is -2.75. The van der Waals surface area contributed by atoms with E-state index in [0.717, 1.165) is 16.3 Å². The molecule has 1 aromatic heterocycles. The normalized spacial score (nSPS) is 13.3. The fraction of sp³-hybridized carbons (Fsp3) is 0.200. The van der Waals surface area contributed by atoms with Crippen LogP contribution in [0.2, 0.25) is 0 Å². The first-order valence-electron chi connectivity index (χ1n) is 21.5. The van der Waals surface area contributed by atoms with E-state index >= 15 is 0 Å². The number of aliphatic hydroxyl groups excluding tert-OH is 1. The zero-order valence-corrected chi connectivity index (χ0v) is 38.1. The van der Waals surface area contributed by atoms with Crippen molar-refractivity contribution < 1.29 is 120 Å². The highest BCUT2D eigenvalue weighted by Crippen LogP contribution is 2.41. The SMILES string of the molecule is FC(F)(F)c1cc([B-](c2cc(C(F)(F)F)cc(C(F)(F)F)c2)(c2cc(C(F)(F)F)cc(C(F)(F)F)c2)c2cc(C(F)(F)F)cc(C(F)(F)F)c2)cc(C(F)(F)F)c1.O=C(CO)c1c2ccccc2cc[n+]1Cc1ccccc1. The highest BCUT2D eigenvalue weighted by molar-refractivity contribution is 7.20. The number of benzene rings is 6. The second-order valence-corrected chi connectivity index (χ2v) is 17.2. The molecule has 0 radical (unpaired) electrons. The second kappa shape index (κ2) is 20.8. The largest absolute Gasteiger partial charge is 0.416 e. The molecule has 0 amide bonds. The number of nitrogens with zero attached hydrogens (tertiary/aromatic N) is 1. The van der Waals surface area contributed by atoms with Gasteiger partial charge in [0.25, 0.3) is 11.5 Å². The molecule has 0 aliphatic rings. The van der Waals surface area contributed by atoms with E-state index in [1.54, 1.807) is 0 Å². The highest BCUT2D eigenvalue weighted by atomic mass is 19.4. The lowest BCUT2D eigenvalue weighted by atomic mass is 9.12. The number of hydrogen-bond acceptors (Lipinski definition) is 2. The quantitative estimate of drug-likeness (QED) is 0.0713. The van der Waals surface area contributed by atoms with Crippen molar-refractivity contribution in [3.63, 3.8) is 0 Å². The molecule has 0 saturated carbocycles. The van der Waals surface area contributed by atoms with Crippen LogP contribution in [-0.2, 0) is 56.0 Å². The molecule has 1 N–H and O–H groups in total. The number of alkyl halides is 24. The van der Waals surface area contributed by atoms with Crippen LogP contribution in [0.3, 0.4) is 0 Å². The molecule has 0 aliphatic carbocycles. The Kier molecular flexibility index (Phi) is 16.0. The van der Waals surface area contributed by atoms with Crippen LogP contribution in [0.1, 0.15) is 60.6 Å². The highest BCUT2D eigenvalue weighted by Gasteiger charge is 2.47. The average molecular weight is 1140 g/mol. The standard InChI is InChI=1S/C32H12BF24.C18H16NO2/c34-25(35,36)13-1-14(26(37,38)39)6-21(5-13)33(22-7-15(27(40,41)42)2-16(8-22)28(43,44)45,23-9-17(29(46,47)48)3-18(10-23)30(49,50)51)24-11-19(31(52,53)54)4-20(12-24)32(55,56)57;20-13-17(21)18-16-9-5-4-8-15(16)10-11-19(18)12-14-6-2-1-3-7-14/h1-12H;1-11,20H,12-13H2/q-1;+1. The van der Waals surface area contributed by atoms with Crippen LogP contribution in [0.5, 0.6) is 0 Å². The fourth-order valence-corrected chi connectivity index (χ4v) is 8.63. The van der Waals surface area contributed by atoms with Gasteiger partial charge < -0.3 is 5.11 Å². The summed E-state index contributed by atoms with van der Waals surface area (Å²) in [6.07, 6.45) is -52.9. The maximum atomic E-state index is 14.2. The van der Waals surface area contributed by atoms with Gasteiger partial charge >= 0.3 is 49.4 Å². The number of ketones is 1. The molecule has 7 rings (SSSR count). The smallest absolute Gasteiger partial charge is 0.388 e. The van der Waals surface area contributed by atoms with Gasteiger partial charge in [-0.25, -0.2) is 0 Å². The van der Waals surface area contributed by atoms with Gasteiger partial charge in [0, 0.05) is 11.6 Å². The van der Waals surface area contributed by atoms with Crippen molar-refractivity contribution in [2.45, 2.75) is 56.0 Å². The van der Waals surface area contributed by atoms with E-state index in [9.17, 15) is 115 Å². The van der Waals surface area contributed by atoms with Crippen molar-refractivity contribution in [2.75, 3.05) is 6.61 Å². The van der Waals surface area contributed by atoms with Gasteiger partial charge in [0.2, 0.25) is 0 Å². The lowest BCUT2D eigenvalue weighted by molar-refractivity contribution is -0.688. The summed E-state index contributed by atoms with van der Waals surface area (Å²) in [6.45, 7) is 0.121. The summed E-state index contributed by atoms with van der Waals surface area (Å²) >= 11 is 0. The number of aliphatic hydroxyl groups is 1. The molecule has 3 nitrogen and oxygen atoms in total. The molecule has 1 heterocycles. The number of fused-ring (bicyclic) bond motifs is 1. The Hall–Kier alpha value is -7.26. The third-order valence-corrected chi connectivity index (χ3v) is 12.0. The van der Waals surface area contributed by atoms with Crippen LogP contribution in [0, 0.1) is 0 Å². The van der Waals surface area contributed by atoms with Crippen molar-refractivity contribution >= 4 is 44.6 Å². The second-order valence-electron chi connectivity index (χ2n) is 17.2. The predicted molar refractivity (Wildman–Crippen MR) is 231 cm³/mol. The van der Waals surface area contributed by atoms with Gasteiger partial charge in [-0.3, -0.25) is 4.79 Å². The van der Waals surface area contributed by atoms with E-state index in [4.69, 9.17) is 0 Å². The van der Waals surface area contributed by atoms with Gasteiger partial charge in [0.1, 0.15) is 12.8 Å². The lowest BCUT2D eigenvalue weighted by Gasteiger charge is -2.46. The van der Waals surface area contributed by atoms with E-state index in [0.29, 0.717) is 12.2 Å². The number of aromatic nitrogens is 1. The van der Waals surface area contributed by atoms with E-state index in [2.05, 4.69) is 0 Å². The Balaban J connectivity index is 0.000000387. The molecule has 0 bridgehead atoms. The number of pyridine rings is 1. The monoisotopic (exact) mass is 1140 g/mol. The summed E-state index contributed by atoms with van der Waals surface area (Å²) in [4.78, 5) is 12.2. The predicted octanol–water partition coefficient (Wildman–Crippen LogP) is 13.6. The van der Waals surface area contributed by atoms with Crippen LogP contribution in [0.25, 0.3) is 10.8 Å². The summed E-state index contributed by atoms with van der Waals surface area (Å²) in [6, 6.07) is 10.9. The van der Waals surface area contributed by atoms with Crippen molar-refractivity contribution in [1.82, 2.24) is 0 Å². The molecule has 0 spiro atoms. The Morgan fingerprint density at radius 3 is 0.910 bits per heavy atom. The van der Waals surface area contributed by atoms with Crippen molar-refractivity contribution in [3.8, 4) is 0 Å². The number of carbonyl (C=O) groups excluding carboxylic acids is 1. The van der Waals surface area contributed by atoms with Gasteiger partial charge in [-0.1, -0.05) is 97.1 Å². The van der Waals surface area contributed by atoms with Crippen LogP contribution in [-0.4, -0.2) is 23.6 Å². The maximum absolute atomic E-state index is 14.2. The van der Waals surface area contributed by atoms with Gasteiger partial charge in [-0.05, 0) is 35.7 Å². The number of halogens is 24. The number of rotatable bonds is 8. The molecule has 0 saturated heterocycles. The molecule has 416 valence electrons. The minimum Gasteiger partial charge on any atom is -0.388 e. The third-order valence-electron chi connectivity index (χ3n) is 12.0. The van der Waals surface area contributed by atoms with Crippen LogP contribution in [0.4, 0.5) is 105 Å². The fourth-order valence-electron chi connectivity index (χ4n) is 8.63. The zero-order chi connectivity index (χ0) is 58.6. The molecule has 0 atom stereocenters. The number of hydrogen-bond donors (Lipinski definition) is 1. The van der Waals surface area contributed by atoms with Crippen LogP contribution < -0.4 is 26.4 Å². The molecular weight excluding hydrogens is 1110 g/mol. The molecule has 0 aliphatic heterocycles. The summed E-state index contributed by atoms with van der Waals surface area (Å²) in [5, 5.41) is 11.1. The first-order valence-corrected chi connectivity index (χ1v) is 21.5. The summed E-state index contributed by atoms with van der Waals surface area (Å²) in [5.74, 6) is -0.261. The summed E-state index contributed by atoms with van der Waals surface area (Å²) in [7, 11) is 0. The van der Waals surface area contributed by atoms with Gasteiger partial charge in [-0.2, -0.15) is 132 Å². The first-order chi connectivity index (χ1) is 35.6. The molecular formula is C50H28BF24NO2. The van der Waals surface area contributed by atoms with E-state index < -0.39 is 201 Å². The Bertz CT molecular complexity index is 2890. The van der Waals surface area contributed by atoms with Crippen LogP contribution >= 0.6 is 0 Å². The third kappa shape index (κ3) is 13.2. The van der Waals surface area contributed by atoms with Gasteiger partial charge in [0.05, 0.1) is 49.9 Å². The van der Waals surface area contributed by atoms with Crippen molar-refractivity contribution in [2.24, 2.45) is 0 Å². The summed E-state index contributed by atoms with van der Waals surface area (Å²) < 4.78 is 343. The van der Waals surface area contributed by atoms with E-state index in [1.807, 2.05) is 71.4 Å². The average Bonchev–Trinajstić information content (AvgIpc) is 3.33. The maximum Gasteiger partial charge on any atom is 0.416 e. The van der Waals surface area contributed by atoms with Crippen molar-refractivity contribution in [3.05, 3.63) is 195 Å². The van der Waals surface area contributed by atoms with E-state index in [-0.39, 0.29) is 5.78 Å². The Morgan fingerprint density at radius 1 is 0.372 bits per heavy atom. The summed E-state index contributed by atoms with van der Waals surface area (Å²) in [5.41, 5.74) is -28.5. The van der Waals surface area contributed by atoms with E-state index in [1.165, 1.54) is 0 Å². The number of Topliss-reactive ketones (excluding diaryl/α,β-unsaturated/α-hetero) is 1. The molecule has 0 unspecified atom stereocenters. The molecule has 6 aromatic carbocycles. The topological polar surface area (TPSA) is 41.2 Å². The molecule has 78 heavy (non-hydrogen) atoms. The molecule has 7 aromatic rings. The minimum atomic E-state index is -6.13. The first kappa shape index (κ1) is 60.0.